The van der Waals surface area contributed by atoms with Gasteiger partial charge in [0.1, 0.15) is 0 Å². The first-order valence-corrected chi connectivity index (χ1v) is 4.66. The third-order valence-electron chi connectivity index (χ3n) is 2.74. The molecule has 0 aromatic rings. The zero-order valence-corrected chi connectivity index (χ0v) is 8.53. The van der Waals surface area contributed by atoms with Crippen LogP contribution < -0.4 is 0 Å². The Morgan fingerprint density at radius 3 is 2.57 bits per heavy atom. The van der Waals surface area contributed by atoms with Crippen LogP contribution in [0.1, 0.15) is 27.2 Å². The predicted octanol–water partition coefficient (Wildman–Crippen LogP) is 0.746. The fourth-order valence-electron chi connectivity index (χ4n) is 1.88. The number of carbonyl (C=O) groups is 1. The fourth-order valence-corrected chi connectivity index (χ4v) is 1.88. The van der Waals surface area contributed by atoms with Crippen LogP contribution in [0.15, 0.2) is 11.6 Å². The second kappa shape index (κ2) is 2.58. The molecule has 0 aliphatic carbocycles. The van der Waals surface area contributed by atoms with Crippen LogP contribution in [0.5, 0.6) is 0 Å². The molecule has 0 bridgehead atoms. The van der Waals surface area contributed by atoms with E-state index in [0.29, 0.717) is 12.0 Å². The first kappa shape index (κ1) is 9.68. The number of ether oxygens (including phenoxy) is 2. The van der Waals surface area contributed by atoms with E-state index < -0.39 is 17.5 Å². The lowest BCUT2D eigenvalue weighted by molar-refractivity contribution is -0.207. The van der Waals surface area contributed by atoms with E-state index in [1.54, 1.807) is 26.8 Å². The lowest BCUT2D eigenvalue weighted by Crippen LogP contribution is -2.34. The van der Waals surface area contributed by atoms with Crippen molar-refractivity contribution < 1.29 is 19.4 Å². The summed E-state index contributed by atoms with van der Waals surface area (Å²) in [5.74, 6) is -1.39. The maximum atomic E-state index is 11.2. The first-order chi connectivity index (χ1) is 6.35. The summed E-state index contributed by atoms with van der Waals surface area (Å²) in [6.07, 6.45) is 1.34. The fraction of sp³-hybridized carbons (Fsp3) is 0.700. The van der Waals surface area contributed by atoms with Gasteiger partial charge < -0.3 is 14.6 Å². The molecule has 78 valence electrons. The molecule has 2 heterocycles. The standard InChI is InChI=1S/C10H14O4/c1-6-4-10(13-8(6)12)5-7(11)9(2,3)14-10/h4,7,11H,5H2,1-3H3/t7-,10+/m0/s1. The van der Waals surface area contributed by atoms with Gasteiger partial charge in [-0.3, -0.25) is 0 Å². The zero-order chi connectivity index (χ0) is 10.6. The quantitative estimate of drug-likeness (QED) is 0.583. The maximum Gasteiger partial charge on any atom is 0.336 e. The van der Waals surface area contributed by atoms with Crippen molar-refractivity contribution in [3.63, 3.8) is 0 Å². The summed E-state index contributed by atoms with van der Waals surface area (Å²) in [5, 5.41) is 9.71. The van der Waals surface area contributed by atoms with Gasteiger partial charge in [0.25, 0.3) is 0 Å². The van der Waals surface area contributed by atoms with E-state index in [1.165, 1.54) is 0 Å². The molecule has 4 heteroatoms. The molecule has 0 unspecified atom stereocenters. The Morgan fingerprint density at radius 1 is 1.57 bits per heavy atom. The molecular formula is C10H14O4. The van der Waals surface area contributed by atoms with Gasteiger partial charge in [-0.25, -0.2) is 4.79 Å². The zero-order valence-electron chi connectivity index (χ0n) is 8.53. The Bertz CT molecular complexity index is 318. The third kappa shape index (κ3) is 1.26. The summed E-state index contributed by atoms with van der Waals surface area (Å²) in [7, 11) is 0. The Morgan fingerprint density at radius 2 is 2.21 bits per heavy atom. The average Bonchev–Trinajstić information content (AvgIpc) is 2.35. The number of hydrogen-bond acceptors (Lipinski definition) is 4. The van der Waals surface area contributed by atoms with E-state index in [1.807, 2.05) is 0 Å². The molecule has 1 saturated heterocycles. The molecule has 1 fully saturated rings. The van der Waals surface area contributed by atoms with E-state index in [9.17, 15) is 9.90 Å². The van der Waals surface area contributed by atoms with Crippen LogP contribution in [0.4, 0.5) is 0 Å². The van der Waals surface area contributed by atoms with Gasteiger partial charge >= 0.3 is 5.97 Å². The number of esters is 1. The normalized spacial score (nSPS) is 40.1. The molecule has 4 nitrogen and oxygen atoms in total. The van der Waals surface area contributed by atoms with Crippen molar-refractivity contribution in [3.8, 4) is 0 Å². The number of rotatable bonds is 0. The summed E-state index contributed by atoms with van der Waals surface area (Å²) in [4.78, 5) is 11.2. The van der Waals surface area contributed by atoms with Crippen molar-refractivity contribution in [3.05, 3.63) is 11.6 Å². The summed E-state index contributed by atoms with van der Waals surface area (Å²) in [5.41, 5.74) is -0.128. The van der Waals surface area contributed by atoms with E-state index in [-0.39, 0.29) is 5.97 Å². The second-order valence-electron chi connectivity index (χ2n) is 4.45. The van der Waals surface area contributed by atoms with E-state index in [2.05, 4.69) is 0 Å². The largest absolute Gasteiger partial charge is 0.426 e. The van der Waals surface area contributed by atoms with Gasteiger partial charge in [-0.15, -0.1) is 0 Å². The molecule has 0 saturated carbocycles. The highest BCUT2D eigenvalue weighted by Gasteiger charge is 2.54. The Hall–Kier alpha value is -0.870. The predicted molar refractivity (Wildman–Crippen MR) is 48.4 cm³/mol. The molecule has 2 rings (SSSR count). The van der Waals surface area contributed by atoms with Gasteiger partial charge in [0.05, 0.1) is 11.7 Å². The summed E-state index contributed by atoms with van der Waals surface area (Å²) < 4.78 is 10.7. The van der Waals surface area contributed by atoms with Crippen molar-refractivity contribution in [2.75, 3.05) is 0 Å². The first-order valence-electron chi connectivity index (χ1n) is 4.66. The maximum absolute atomic E-state index is 11.2. The summed E-state index contributed by atoms with van der Waals surface area (Å²) in [6, 6.07) is 0. The Kier molecular flexibility index (Phi) is 1.78. The van der Waals surface area contributed by atoms with Crippen molar-refractivity contribution >= 4 is 5.97 Å². The van der Waals surface area contributed by atoms with E-state index >= 15 is 0 Å². The molecule has 0 radical (unpaired) electrons. The number of aliphatic hydroxyl groups excluding tert-OH is 1. The average molecular weight is 198 g/mol. The van der Waals surface area contributed by atoms with Crippen molar-refractivity contribution in [2.24, 2.45) is 0 Å². The monoisotopic (exact) mass is 198 g/mol. The minimum atomic E-state index is -1.02. The van der Waals surface area contributed by atoms with Crippen LogP contribution >= 0.6 is 0 Å². The van der Waals surface area contributed by atoms with Crippen LogP contribution in [-0.4, -0.2) is 28.6 Å². The SMILES string of the molecule is CC1=C[C@@]2(C[C@H](O)C(C)(C)O2)OC1=O. The molecule has 0 amide bonds. The van der Waals surface area contributed by atoms with Gasteiger partial charge in [0.2, 0.25) is 5.79 Å². The van der Waals surface area contributed by atoms with Gasteiger partial charge in [-0.05, 0) is 26.8 Å². The van der Waals surface area contributed by atoms with Crippen LogP contribution in [0.25, 0.3) is 0 Å². The van der Waals surface area contributed by atoms with Crippen LogP contribution in [0.3, 0.4) is 0 Å². The van der Waals surface area contributed by atoms with E-state index in [0.717, 1.165) is 0 Å². The third-order valence-corrected chi connectivity index (χ3v) is 2.74. The van der Waals surface area contributed by atoms with Gasteiger partial charge in [0.15, 0.2) is 0 Å². The minimum absolute atomic E-state index is 0.309. The highest BCUT2D eigenvalue weighted by molar-refractivity contribution is 5.90. The van der Waals surface area contributed by atoms with E-state index in [4.69, 9.17) is 9.47 Å². The van der Waals surface area contributed by atoms with Gasteiger partial charge in [-0.2, -0.15) is 0 Å². The van der Waals surface area contributed by atoms with Crippen molar-refractivity contribution in [2.45, 2.75) is 44.7 Å². The van der Waals surface area contributed by atoms with Crippen molar-refractivity contribution in [1.29, 1.82) is 0 Å². The molecular weight excluding hydrogens is 184 g/mol. The highest BCUT2D eigenvalue weighted by Crippen LogP contribution is 2.43. The molecule has 1 N–H and O–H groups in total. The second-order valence-corrected chi connectivity index (χ2v) is 4.45. The smallest absolute Gasteiger partial charge is 0.336 e. The molecule has 14 heavy (non-hydrogen) atoms. The molecule has 2 aliphatic rings. The van der Waals surface area contributed by atoms with Gasteiger partial charge in [0, 0.05) is 12.0 Å². The number of aliphatic hydroxyl groups is 1. The lowest BCUT2D eigenvalue weighted by atomic mass is 10.0. The number of hydrogen-bond donors (Lipinski definition) is 1. The summed E-state index contributed by atoms with van der Waals surface area (Å²) in [6.45, 7) is 5.24. The summed E-state index contributed by atoms with van der Waals surface area (Å²) >= 11 is 0. The Labute approximate surface area is 82.5 Å². The molecule has 1 spiro atoms. The van der Waals surface area contributed by atoms with Gasteiger partial charge in [-0.1, -0.05) is 0 Å². The van der Waals surface area contributed by atoms with Crippen LogP contribution in [-0.2, 0) is 14.3 Å². The number of carbonyl (C=O) groups excluding carboxylic acids is 1. The molecule has 0 aromatic carbocycles. The molecule has 0 aromatic heterocycles. The van der Waals surface area contributed by atoms with Crippen molar-refractivity contribution in [1.82, 2.24) is 0 Å². The molecule has 2 aliphatic heterocycles. The Balaban J connectivity index is 2.27. The van der Waals surface area contributed by atoms with Crippen LogP contribution in [0, 0.1) is 0 Å². The molecule has 2 atom stereocenters. The highest BCUT2D eigenvalue weighted by atomic mass is 16.7. The van der Waals surface area contributed by atoms with Crippen LogP contribution in [0.2, 0.25) is 0 Å². The lowest BCUT2D eigenvalue weighted by Gasteiger charge is -2.25. The topological polar surface area (TPSA) is 55.8 Å². The minimum Gasteiger partial charge on any atom is -0.426 e.